The molecule has 1 aliphatic heterocycles. The van der Waals surface area contributed by atoms with Crippen molar-refractivity contribution < 1.29 is 4.74 Å². The molecule has 0 N–H and O–H groups in total. The molecule has 1 nitrogen and oxygen atoms in total. The quantitative estimate of drug-likeness (QED) is 0.696. The van der Waals surface area contributed by atoms with E-state index in [0.717, 1.165) is 24.1 Å². The number of rotatable bonds is 1. The normalized spacial score (nSPS) is 18.5. The fourth-order valence-electron chi connectivity index (χ4n) is 1.87. The average molecular weight is 255 g/mol. The predicted molar refractivity (Wildman–Crippen MR) is 62.2 cm³/mol. The standard InChI is InChI=1S/C12H15BrO/c1-12(2)5-6-14-11-4-3-9(8-13)7-10(11)12/h3-4,7H,5-6,8H2,1-2H3. The van der Waals surface area contributed by atoms with E-state index >= 15 is 0 Å². The van der Waals surface area contributed by atoms with E-state index in [-0.39, 0.29) is 5.41 Å². The highest BCUT2D eigenvalue weighted by Gasteiger charge is 2.28. The maximum absolute atomic E-state index is 5.64. The van der Waals surface area contributed by atoms with Crippen LogP contribution in [-0.2, 0) is 10.7 Å². The van der Waals surface area contributed by atoms with Gasteiger partial charge in [0, 0.05) is 10.9 Å². The highest BCUT2D eigenvalue weighted by Crippen LogP contribution is 2.38. The van der Waals surface area contributed by atoms with Crippen LogP contribution in [0.3, 0.4) is 0 Å². The van der Waals surface area contributed by atoms with E-state index in [0.29, 0.717) is 0 Å². The molecule has 0 saturated carbocycles. The van der Waals surface area contributed by atoms with Crippen LogP contribution in [0.25, 0.3) is 0 Å². The third-order valence-corrected chi connectivity index (χ3v) is 3.56. The van der Waals surface area contributed by atoms with Gasteiger partial charge >= 0.3 is 0 Å². The Morgan fingerprint density at radius 1 is 1.43 bits per heavy atom. The molecule has 2 heteroatoms. The summed E-state index contributed by atoms with van der Waals surface area (Å²) in [7, 11) is 0. The molecule has 0 radical (unpaired) electrons. The lowest BCUT2D eigenvalue weighted by Crippen LogP contribution is -2.26. The second-order valence-corrected chi connectivity index (χ2v) is 5.01. The maximum atomic E-state index is 5.64. The van der Waals surface area contributed by atoms with Gasteiger partial charge in [-0.15, -0.1) is 0 Å². The van der Waals surface area contributed by atoms with Gasteiger partial charge < -0.3 is 4.74 Å². The molecule has 2 rings (SSSR count). The summed E-state index contributed by atoms with van der Waals surface area (Å²) in [6.07, 6.45) is 1.10. The summed E-state index contributed by atoms with van der Waals surface area (Å²) in [5, 5.41) is 0.913. The lowest BCUT2D eigenvalue weighted by Gasteiger charge is -2.32. The van der Waals surface area contributed by atoms with Crippen molar-refractivity contribution in [3.63, 3.8) is 0 Å². The Balaban J connectivity index is 2.49. The molecule has 1 aromatic rings. The number of fused-ring (bicyclic) bond motifs is 1. The van der Waals surface area contributed by atoms with Crippen molar-refractivity contribution in [2.75, 3.05) is 6.61 Å². The van der Waals surface area contributed by atoms with Crippen LogP contribution in [0.5, 0.6) is 5.75 Å². The second-order valence-electron chi connectivity index (χ2n) is 4.45. The number of benzene rings is 1. The number of alkyl halides is 1. The molecule has 0 aromatic heterocycles. The summed E-state index contributed by atoms with van der Waals surface area (Å²) in [6, 6.07) is 6.46. The highest BCUT2D eigenvalue weighted by atomic mass is 79.9. The number of hydrogen-bond donors (Lipinski definition) is 0. The van der Waals surface area contributed by atoms with Crippen LogP contribution in [0.1, 0.15) is 31.4 Å². The van der Waals surface area contributed by atoms with Crippen LogP contribution >= 0.6 is 15.9 Å². The van der Waals surface area contributed by atoms with Crippen molar-refractivity contribution in [2.45, 2.75) is 31.0 Å². The lowest BCUT2D eigenvalue weighted by molar-refractivity contribution is 0.234. The van der Waals surface area contributed by atoms with E-state index in [9.17, 15) is 0 Å². The molecule has 0 unspecified atom stereocenters. The van der Waals surface area contributed by atoms with Crippen molar-refractivity contribution >= 4 is 15.9 Å². The molecule has 0 fully saturated rings. The minimum Gasteiger partial charge on any atom is -0.493 e. The first-order chi connectivity index (χ1) is 6.63. The monoisotopic (exact) mass is 254 g/mol. The SMILES string of the molecule is CC1(C)CCOc2ccc(CBr)cc21. The smallest absolute Gasteiger partial charge is 0.123 e. The largest absolute Gasteiger partial charge is 0.493 e. The van der Waals surface area contributed by atoms with E-state index in [1.165, 1.54) is 11.1 Å². The third-order valence-electron chi connectivity index (χ3n) is 2.91. The topological polar surface area (TPSA) is 9.23 Å². The van der Waals surface area contributed by atoms with Crippen LogP contribution in [-0.4, -0.2) is 6.61 Å². The van der Waals surface area contributed by atoms with Crippen molar-refractivity contribution in [3.8, 4) is 5.75 Å². The van der Waals surface area contributed by atoms with Gasteiger partial charge in [0.1, 0.15) is 5.75 Å². The minimum atomic E-state index is 0.256. The Kier molecular flexibility index (Phi) is 2.56. The fourth-order valence-corrected chi connectivity index (χ4v) is 2.21. The van der Waals surface area contributed by atoms with Gasteiger partial charge in [-0.05, 0) is 23.5 Å². The first-order valence-electron chi connectivity index (χ1n) is 4.96. The van der Waals surface area contributed by atoms with Crippen LogP contribution < -0.4 is 4.74 Å². The van der Waals surface area contributed by atoms with Gasteiger partial charge in [0.25, 0.3) is 0 Å². The lowest BCUT2D eigenvalue weighted by atomic mass is 9.79. The molecule has 0 atom stereocenters. The molecule has 1 aliphatic rings. The Morgan fingerprint density at radius 3 is 2.93 bits per heavy atom. The molecule has 0 bridgehead atoms. The van der Waals surface area contributed by atoms with E-state index in [4.69, 9.17) is 4.74 Å². The van der Waals surface area contributed by atoms with Crippen molar-refractivity contribution in [2.24, 2.45) is 0 Å². The number of hydrogen-bond acceptors (Lipinski definition) is 1. The third kappa shape index (κ3) is 1.68. The first kappa shape index (κ1) is 10.0. The van der Waals surface area contributed by atoms with E-state index < -0.39 is 0 Å². The summed E-state index contributed by atoms with van der Waals surface area (Å²) in [6.45, 7) is 5.41. The zero-order chi connectivity index (χ0) is 10.2. The average Bonchev–Trinajstić information content (AvgIpc) is 2.17. The Labute approximate surface area is 93.6 Å². The summed E-state index contributed by atoms with van der Waals surface area (Å²) < 4.78 is 5.64. The maximum Gasteiger partial charge on any atom is 0.123 e. The van der Waals surface area contributed by atoms with Gasteiger partial charge in [-0.3, -0.25) is 0 Å². The van der Waals surface area contributed by atoms with Gasteiger partial charge in [0.2, 0.25) is 0 Å². The Hall–Kier alpha value is -0.500. The molecule has 1 heterocycles. The predicted octanol–water partition coefficient (Wildman–Crippen LogP) is 3.64. The molecule has 0 amide bonds. The Bertz CT molecular complexity index is 344. The molecule has 14 heavy (non-hydrogen) atoms. The molecular weight excluding hydrogens is 240 g/mol. The zero-order valence-electron chi connectivity index (χ0n) is 8.64. The zero-order valence-corrected chi connectivity index (χ0v) is 10.2. The molecular formula is C12H15BrO. The van der Waals surface area contributed by atoms with Gasteiger partial charge in [-0.25, -0.2) is 0 Å². The van der Waals surface area contributed by atoms with Gasteiger partial charge in [-0.1, -0.05) is 41.9 Å². The number of halogens is 1. The van der Waals surface area contributed by atoms with Crippen molar-refractivity contribution in [1.82, 2.24) is 0 Å². The van der Waals surface area contributed by atoms with Crippen LogP contribution in [0.4, 0.5) is 0 Å². The van der Waals surface area contributed by atoms with Gasteiger partial charge in [0.05, 0.1) is 6.61 Å². The summed E-state index contributed by atoms with van der Waals surface area (Å²) in [4.78, 5) is 0. The van der Waals surface area contributed by atoms with Gasteiger partial charge in [0.15, 0.2) is 0 Å². The minimum absolute atomic E-state index is 0.256. The van der Waals surface area contributed by atoms with Crippen LogP contribution in [0.2, 0.25) is 0 Å². The highest BCUT2D eigenvalue weighted by molar-refractivity contribution is 9.08. The molecule has 1 aromatic carbocycles. The molecule has 0 saturated heterocycles. The van der Waals surface area contributed by atoms with E-state index in [1.807, 2.05) is 0 Å². The number of ether oxygens (including phenoxy) is 1. The summed E-state index contributed by atoms with van der Waals surface area (Å²) in [5.74, 6) is 1.06. The second kappa shape index (κ2) is 3.58. The van der Waals surface area contributed by atoms with Crippen LogP contribution in [0.15, 0.2) is 18.2 Å². The van der Waals surface area contributed by atoms with E-state index in [1.54, 1.807) is 0 Å². The Morgan fingerprint density at radius 2 is 2.21 bits per heavy atom. The first-order valence-corrected chi connectivity index (χ1v) is 6.08. The molecule has 0 spiro atoms. The summed E-state index contributed by atoms with van der Waals surface area (Å²) in [5.41, 5.74) is 2.93. The van der Waals surface area contributed by atoms with Crippen LogP contribution in [0, 0.1) is 0 Å². The van der Waals surface area contributed by atoms with E-state index in [2.05, 4.69) is 48.0 Å². The molecule has 0 aliphatic carbocycles. The van der Waals surface area contributed by atoms with Crippen molar-refractivity contribution in [1.29, 1.82) is 0 Å². The fraction of sp³-hybridized carbons (Fsp3) is 0.500. The summed E-state index contributed by atoms with van der Waals surface area (Å²) >= 11 is 3.48. The van der Waals surface area contributed by atoms with Gasteiger partial charge in [-0.2, -0.15) is 0 Å². The van der Waals surface area contributed by atoms with Crippen molar-refractivity contribution in [3.05, 3.63) is 29.3 Å². The molecule has 76 valence electrons.